The monoisotopic (exact) mass is 1160 g/mol. The van der Waals surface area contributed by atoms with E-state index in [2.05, 4.69) is 0 Å². The zero-order valence-electron chi connectivity index (χ0n) is 45.1. The Morgan fingerprint density at radius 3 is 0.918 bits per heavy atom. The summed E-state index contributed by atoms with van der Waals surface area (Å²) in [5, 5.41) is 0. The van der Waals surface area contributed by atoms with Gasteiger partial charge in [-0.05, 0) is 97.1 Å². The van der Waals surface area contributed by atoms with Crippen molar-refractivity contribution < 1.29 is 80.9 Å². The molecule has 18 heteroatoms. The summed E-state index contributed by atoms with van der Waals surface area (Å²) in [6, 6.07) is 64.6. The van der Waals surface area contributed by atoms with Crippen LogP contribution in [0.2, 0.25) is 0 Å². The lowest BCUT2D eigenvalue weighted by atomic mass is 9.97. The van der Waals surface area contributed by atoms with E-state index in [-0.39, 0.29) is 38.9 Å². The van der Waals surface area contributed by atoms with Crippen LogP contribution in [0.4, 0.5) is 0 Å². The summed E-state index contributed by atoms with van der Waals surface area (Å²) in [5.41, 5.74) is -0.587. The minimum absolute atomic E-state index is 0.0505. The topological polar surface area (TPSA) is 212 Å². The Labute approximate surface area is 492 Å². The second kappa shape index (κ2) is 28.5. The van der Waals surface area contributed by atoms with Crippen molar-refractivity contribution in [1.29, 1.82) is 0 Å². The smallest absolute Gasteiger partial charge is 0.338 e. The first-order valence-corrected chi connectivity index (χ1v) is 27.9. The maximum Gasteiger partial charge on any atom is 0.338 e. The van der Waals surface area contributed by atoms with Gasteiger partial charge >= 0.3 is 41.8 Å². The van der Waals surface area contributed by atoms with E-state index < -0.39 is 116 Å². The molecule has 0 saturated carbocycles. The summed E-state index contributed by atoms with van der Waals surface area (Å²) in [7, 11) is 0. The summed E-state index contributed by atoms with van der Waals surface area (Å²) in [6.07, 6.45) is -15.2. The van der Waals surface area contributed by atoms with Gasteiger partial charge in [-0.1, -0.05) is 157 Å². The minimum Gasteiger partial charge on any atom is -0.459 e. The number of benzene rings is 8. The van der Waals surface area contributed by atoms with Crippen molar-refractivity contribution in [2.45, 2.75) is 65.5 Å². The van der Waals surface area contributed by atoms with E-state index in [1.54, 1.807) is 170 Å². The summed E-state index contributed by atoms with van der Waals surface area (Å²) in [5.74, 6) is -6.23. The third-order valence-corrected chi connectivity index (χ3v) is 14.7. The molecule has 0 amide bonds. The molecule has 0 aromatic heterocycles. The normalized spacial score (nSPS) is 21.6. The van der Waals surface area contributed by atoms with Gasteiger partial charge in [0.25, 0.3) is 0 Å². The fourth-order valence-electron chi connectivity index (χ4n) is 9.29. The lowest BCUT2D eigenvalue weighted by Gasteiger charge is -2.46. The molecule has 0 aliphatic carbocycles. The number of esters is 7. The third kappa shape index (κ3) is 15.1. The lowest BCUT2D eigenvalue weighted by molar-refractivity contribution is -0.309. The highest BCUT2D eigenvalue weighted by molar-refractivity contribution is 7.99. The van der Waals surface area contributed by atoms with Gasteiger partial charge in [0.05, 0.1) is 45.6 Å². The maximum absolute atomic E-state index is 14.5. The predicted molar refractivity (Wildman–Crippen MR) is 306 cm³/mol. The number of rotatable bonds is 20. The van der Waals surface area contributed by atoms with Gasteiger partial charge in [-0.2, -0.15) is 0 Å². The van der Waals surface area contributed by atoms with Gasteiger partial charge in [0.15, 0.2) is 42.9 Å². The molecule has 0 radical (unpaired) electrons. The molecule has 85 heavy (non-hydrogen) atoms. The van der Waals surface area contributed by atoms with E-state index in [0.29, 0.717) is 4.90 Å². The van der Waals surface area contributed by atoms with Crippen LogP contribution in [-0.2, 0) is 47.4 Å². The highest BCUT2D eigenvalue weighted by Crippen LogP contribution is 2.40. The molecule has 0 bridgehead atoms. The van der Waals surface area contributed by atoms with E-state index in [0.717, 1.165) is 11.8 Å². The molecule has 0 unspecified atom stereocenters. The summed E-state index contributed by atoms with van der Waals surface area (Å²) >= 11 is 1.10. The van der Waals surface area contributed by atoms with E-state index in [4.69, 9.17) is 47.4 Å². The standard InChI is InChI=1S/C67H54O17S/c68-59(43-25-9-1-10-26-43)75-41-51-53(79-60(69)44-27-11-2-12-28-44)55(81-62(71)46-31-15-4-16-32-46)57(83-64(73)48-35-19-6-20-36-48)66(77-51)76-42-52-54(80-61(70)45-29-13-3-14-30-45)56(82-63(72)47-33-17-5-18-34-47)58(84-65(74)49-37-21-7-22-38-49)67(78-52)85-50-39-23-8-24-40-50/h1-40,51-58,66-67H,41-42H2/t51-,52-,53-,54-,55+,56+,57-,58-,66-,67+/m1/s1. The Kier molecular flexibility index (Phi) is 19.6. The van der Waals surface area contributed by atoms with Gasteiger partial charge in [-0.25, -0.2) is 33.6 Å². The summed E-state index contributed by atoms with van der Waals surface area (Å²) < 4.78 is 64.1. The molecule has 10 rings (SSSR count). The van der Waals surface area contributed by atoms with Crippen LogP contribution >= 0.6 is 11.8 Å². The van der Waals surface area contributed by atoms with Crippen LogP contribution in [0.25, 0.3) is 0 Å². The number of ether oxygens (including phenoxy) is 10. The van der Waals surface area contributed by atoms with Gasteiger partial charge in [-0.15, -0.1) is 0 Å². The van der Waals surface area contributed by atoms with Crippen LogP contribution < -0.4 is 0 Å². The van der Waals surface area contributed by atoms with Crippen molar-refractivity contribution in [3.05, 3.63) is 282 Å². The average molecular weight is 1160 g/mol. The molecule has 0 N–H and O–H groups in total. The first kappa shape index (κ1) is 58.5. The molecule has 8 aromatic rings. The van der Waals surface area contributed by atoms with Crippen molar-refractivity contribution in [1.82, 2.24) is 0 Å². The summed E-state index contributed by atoms with van der Waals surface area (Å²) in [4.78, 5) is 101. The molecule has 2 fully saturated rings. The fraction of sp³-hybridized carbons (Fsp3) is 0.179. The van der Waals surface area contributed by atoms with Crippen molar-refractivity contribution >= 4 is 53.5 Å². The SMILES string of the molecule is O=C(OC[C@H]1O[C@@H](OC[C@H]2O[C@@H](Sc3ccccc3)[C@H](OC(=O)c3ccccc3)[C@@H](OC(=O)c3ccccc3)[C@@H]2OC(=O)c2ccccc2)[C@H](OC(=O)c2ccccc2)[C@@H](OC(=O)c2ccccc2)[C@@H]1OC(=O)c1ccccc1)c1ccccc1. The van der Waals surface area contributed by atoms with Crippen molar-refractivity contribution in [3.63, 3.8) is 0 Å². The zero-order chi connectivity index (χ0) is 58.9. The Bertz CT molecular complexity index is 3510. The molecule has 17 nitrogen and oxygen atoms in total. The molecule has 2 saturated heterocycles. The highest BCUT2D eigenvalue weighted by atomic mass is 32.2. The zero-order valence-corrected chi connectivity index (χ0v) is 45.9. The first-order valence-electron chi connectivity index (χ1n) is 27.0. The number of carbonyl (C=O) groups is 7. The molecule has 430 valence electrons. The molecular formula is C67H54O17S. The summed E-state index contributed by atoms with van der Waals surface area (Å²) in [6.45, 7) is -1.36. The fourth-order valence-corrected chi connectivity index (χ4v) is 10.4. The molecule has 2 aliphatic rings. The average Bonchev–Trinajstić information content (AvgIpc) is 3.12. The van der Waals surface area contributed by atoms with Gasteiger partial charge in [0.1, 0.15) is 24.3 Å². The number of thioether (sulfide) groups is 1. The van der Waals surface area contributed by atoms with Crippen LogP contribution in [0, 0.1) is 0 Å². The van der Waals surface area contributed by atoms with Crippen molar-refractivity contribution in [2.24, 2.45) is 0 Å². The van der Waals surface area contributed by atoms with Crippen LogP contribution in [0.3, 0.4) is 0 Å². The maximum atomic E-state index is 14.5. The molecule has 0 spiro atoms. The van der Waals surface area contributed by atoms with Gasteiger partial charge in [-0.3, -0.25) is 0 Å². The Hall–Kier alpha value is -9.72. The molecule has 10 atom stereocenters. The van der Waals surface area contributed by atoms with Crippen molar-refractivity contribution in [3.8, 4) is 0 Å². The molecular weight excluding hydrogens is 1110 g/mol. The number of hydrogen-bond donors (Lipinski definition) is 0. The lowest BCUT2D eigenvalue weighted by Crippen LogP contribution is -2.64. The predicted octanol–water partition coefficient (Wildman–Crippen LogP) is 10.5. The van der Waals surface area contributed by atoms with Crippen LogP contribution in [-0.4, -0.2) is 116 Å². The quantitative estimate of drug-likeness (QED) is 0.0513. The van der Waals surface area contributed by atoms with E-state index in [9.17, 15) is 33.6 Å². The van der Waals surface area contributed by atoms with Crippen molar-refractivity contribution in [2.75, 3.05) is 13.2 Å². The molecule has 2 aliphatic heterocycles. The molecule has 2 heterocycles. The molecule has 8 aromatic carbocycles. The Morgan fingerprint density at radius 1 is 0.294 bits per heavy atom. The third-order valence-electron chi connectivity index (χ3n) is 13.5. The second-order valence-electron chi connectivity index (χ2n) is 19.2. The second-order valence-corrected chi connectivity index (χ2v) is 20.4. The largest absolute Gasteiger partial charge is 0.459 e. The van der Waals surface area contributed by atoms with Gasteiger partial charge in [0, 0.05) is 4.90 Å². The van der Waals surface area contributed by atoms with E-state index in [1.165, 1.54) is 72.8 Å². The van der Waals surface area contributed by atoms with Gasteiger partial charge < -0.3 is 47.4 Å². The highest BCUT2D eigenvalue weighted by Gasteiger charge is 2.56. The Morgan fingerprint density at radius 2 is 0.565 bits per heavy atom. The Balaban J connectivity index is 1.08. The van der Waals surface area contributed by atoms with E-state index in [1.807, 2.05) is 0 Å². The number of hydrogen-bond acceptors (Lipinski definition) is 18. The first-order chi connectivity index (χ1) is 41.6. The minimum atomic E-state index is -1.86. The van der Waals surface area contributed by atoms with Crippen LogP contribution in [0.1, 0.15) is 72.5 Å². The van der Waals surface area contributed by atoms with Crippen LogP contribution in [0.15, 0.2) is 248 Å². The van der Waals surface area contributed by atoms with Gasteiger partial charge in [0.2, 0.25) is 0 Å². The van der Waals surface area contributed by atoms with Crippen LogP contribution in [0.5, 0.6) is 0 Å². The number of carbonyl (C=O) groups excluding carboxylic acids is 7. The van der Waals surface area contributed by atoms with E-state index >= 15 is 0 Å².